The topological polar surface area (TPSA) is 78.6 Å². The number of rotatable bonds is 5. The fourth-order valence-electron chi connectivity index (χ4n) is 2.71. The number of benzene rings is 1. The summed E-state index contributed by atoms with van der Waals surface area (Å²) < 4.78 is 0. The molecule has 1 fully saturated rings. The van der Waals surface area contributed by atoms with E-state index in [2.05, 4.69) is 10.2 Å². The zero-order chi connectivity index (χ0) is 14.7. The number of non-ortho nitro benzene ring substituents is 1. The highest BCUT2D eigenvalue weighted by atomic mass is 16.6. The molecule has 1 heterocycles. The number of hydrogen-bond acceptors (Lipinski definition) is 5. The standard InChI is InChI=1S/C14H21N3O3/c1-10(18)11-5-6-16(8-11)9-12-7-13(17(19)20)3-4-14(12)15-2/h3-4,7,10-11,15,18H,5-6,8-9H2,1-2H3. The van der Waals surface area contributed by atoms with Crippen molar-refractivity contribution in [3.8, 4) is 0 Å². The van der Waals surface area contributed by atoms with Gasteiger partial charge in [-0.2, -0.15) is 0 Å². The van der Waals surface area contributed by atoms with Crippen LogP contribution in [-0.2, 0) is 6.54 Å². The van der Waals surface area contributed by atoms with E-state index in [0.717, 1.165) is 30.8 Å². The fraction of sp³-hybridized carbons (Fsp3) is 0.571. The molecule has 1 aromatic carbocycles. The van der Waals surface area contributed by atoms with Crippen molar-refractivity contribution >= 4 is 11.4 Å². The Labute approximate surface area is 118 Å². The minimum Gasteiger partial charge on any atom is -0.393 e. The Morgan fingerprint density at radius 2 is 2.35 bits per heavy atom. The number of aliphatic hydroxyl groups excluding tert-OH is 1. The summed E-state index contributed by atoms with van der Waals surface area (Å²) in [5.74, 6) is 0.298. The summed E-state index contributed by atoms with van der Waals surface area (Å²) in [6.45, 7) is 4.24. The smallest absolute Gasteiger partial charge is 0.269 e. The van der Waals surface area contributed by atoms with Crippen LogP contribution in [0.15, 0.2) is 18.2 Å². The quantitative estimate of drug-likeness (QED) is 0.635. The van der Waals surface area contributed by atoms with Crippen molar-refractivity contribution in [1.29, 1.82) is 0 Å². The van der Waals surface area contributed by atoms with E-state index in [1.165, 1.54) is 6.07 Å². The second-order valence-electron chi connectivity index (χ2n) is 5.37. The third kappa shape index (κ3) is 3.26. The molecular formula is C14H21N3O3. The first kappa shape index (κ1) is 14.7. The maximum atomic E-state index is 10.9. The van der Waals surface area contributed by atoms with E-state index < -0.39 is 0 Å². The van der Waals surface area contributed by atoms with E-state index in [1.807, 2.05) is 14.0 Å². The predicted octanol–water partition coefficient (Wildman–Crippen LogP) is 1.84. The summed E-state index contributed by atoms with van der Waals surface area (Å²) in [4.78, 5) is 12.7. The molecule has 1 aliphatic rings. The molecule has 0 aliphatic carbocycles. The van der Waals surface area contributed by atoms with Crippen molar-refractivity contribution in [1.82, 2.24) is 4.90 Å². The number of nitro benzene ring substituents is 1. The van der Waals surface area contributed by atoms with Crippen molar-refractivity contribution in [2.75, 3.05) is 25.5 Å². The normalized spacial score (nSPS) is 20.9. The van der Waals surface area contributed by atoms with Gasteiger partial charge in [0.1, 0.15) is 0 Å². The molecule has 2 unspecified atom stereocenters. The zero-order valence-corrected chi connectivity index (χ0v) is 11.9. The summed E-state index contributed by atoms with van der Waals surface area (Å²) in [7, 11) is 1.81. The Balaban J connectivity index is 2.12. The van der Waals surface area contributed by atoms with Crippen LogP contribution in [0.2, 0.25) is 0 Å². The van der Waals surface area contributed by atoms with Crippen LogP contribution in [0.4, 0.5) is 11.4 Å². The molecule has 0 saturated carbocycles. The maximum Gasteiger partial charge on any atom is 0.269 e. The second-order valence-corrected chi connectivity index (χ2v) is 5.37. The van der Waals surface area contributed by atoms with Crippen molar-refractivity contribution in [2.24, 2.45) is 5.92 Å². The molecule has 2 N–H and O–H groups in total. The molecule has 1 aliphatic heterocycles. The number of anilines is 1. The van der Waals surface area contributed by atoms with E-state index in [-0.39, 0.29) is 16.7 Å². The average Bonchev–Trinajstić information content (AvgIpc) is 2.87. The molecule has 0 spiro atoms. The average molecular weight is 279 g/mol. The number of nitro groups is 1. The molecule has 0 radical (unpaired) electrons. The van der Waals surface area contributed by atoms with Gasteiger partial charge >= 0.3 is 0 Å². The molecular weight excluding hydrogens is 258 g/mol. The molecule has 1 saturated heterocycles. The third-order valence-electron chi connectivity index (χ3n) is 3.95. The monoisotopic (exact) mass is 279 g/mol. The number of aliphatic hydroxyl groups is 1. The Bertz CT molecular complexity index is 491. The Kier molecular flexibility index (Phi) is 4.57. The van der Waals surface area contributed by atoms with Crippen LogP contribution in [0.5, 0.6) is 0 Å². The molecule has 20 heavy (non-hydrogen) atoms. The summed E-state index contributed by atoms with van der Waals surface area (Å²) in [6.07, 6.45) is 0.676. The van der Waals surface area contributed by atoms with Crippen molar-refractivity contribution in [3.05, 3.63) is 33.9 Å². The first-order chi connectivity index (χ1) is 9.51. The van der Waals surface area contributed by atoms with Gasteiger partial charge in [-0.3, -0.25) is 15.0 Å². The Morgan fingerprint density at radius 3 is 2.90 bits per heavy atom. The van der Waals surface area contributed by atoms with Crippen molar-refractivity contribution in [2.45, 2.75) is 26.0 Å². The molecule has 1 aromatic rings. The SMILES string of the molecule is CNc1ccc([N+](=O)[O-])cc1CN1CCC(C(C)O)C1. The first-order valence-corrected chi connectivity index (χ1v) is 6.86. The summed E-state index contributed by atoms with van der Waals surface area (Å²) >= 11 is 0. The number of nitrogens with zero attached hydrogens (tertiary/aromatic N) is 2. The molecule has 2 atom stereocenters. The second kappa shape index (κ2) is 6.19. The molecule has 0 aromatic heterocycles. The summed E-state index contributed by atoms with van der Waals surface area (Å²) in [6, 6.07) is 4.88. The van der Waals surface area contributed by atoms with Crippen LogP contribution in [0, 0.1) is 16.0 Å². The Hall–Kier alpha value is -1.66. The van der Waals surface area contributed by atoms with Gasteiger partial charge in [0.2, 0.25) is 0 Å². The zero-order valence-electron chi connectivity index (χ0n) is 11.9. The number of nitrogens with one attached hydrogen (secondary N) is 1. The van der Waals surface area contributed by atoms with Crippen LogP contribution in [-0.4, -0.2) is 41.2 Å². The lowest BCUT2D eigenvalue weighted by atomic mass is 10.0. The van der Waals surface area contributed by atoms with E-state index in [0.29, 0.717) is 12.5 Å². The van der Waals surface area contributed by atoms with E-state index >= 15 is 0 Å². The number of hydrogen-bond donors (Lipinski definition) is 2. The molecule has 6 heteroatoms. The lowest BCUT2D eigenvalue weighted by molar-refractivity contribution is -0.384. The highest BCUT2D eigenvalue weighted by Gasteiger charge is 2.26. The van der Waals surface area contributed by atoms with Crippen LogP contribution in [0.25, 0.3) is 0 Å². The largest absolute Gasteiger partial charge is 0.393 e. The molecule has 0 bridgehead atoms. The van der Waals surface area contributed by atoms with Crippen LogP contribution in [0.3, 0.4) is 0 Å². The minimum absolute atomic E-state index is 0.116. The van der Waals surface area contributed by atoms with Crippen molar-refractivity contribution in [3.63, 3.8) is 0 Å². The van der Waals surface area contributed by atoms with Gasteiger partial charge in [0.15, 0.2) is 0 Å². The fourth-order valence-corrected chi connectivity index (χ4v) is 2.71. The predicted molar refractivity (Wildman–Crippen MR) is 77.7 cm³/mol. The summed E-state index contributed by atoms with van der Waals surface area (Å²) in [5.41, 5.74) is 1.95. The van der Waals surface area contributed by atoms with Crippen LogP contribution in [0.1, 0.15) is 18.9 Å². The van der Waals surface area contributed by atoms with Crippen molar-refractivity contribution < 1.29 is 10.0 Å². The third-order valence-corrected chi connectivity index (χ3v) is 3.95. The first-order valence-electron chi connectivity index (χ1n) is 6.86. The maximum absolute atomic E-state index is 10.9. The van der Waals surface area contributed by atoms with Crippen LogP contribution < -0.4 is 5.32 Å². The van der Waals surface area contributed by atoms with E-state index in [1.54, 1.807) is 12.1 Å². The van der Waals surface area contributed by atoms with E-state index in [4.69, 9.17) is 0 Å². The summed E-state index contributed by atoms with van der Waals surface area (Å²) in [5, 5.41) is 23.6. The van der Waals surface area contributed by atoms with Gasteiger partial charge in [-0.25, -0.2) is 0 Å². The highest BCUT2D eigenvalue weighted by molar-refractivity contribution is 5.55. The number of likely N-dealkylation sites (tertiary alicyclic amines) is 1. The van der Waals surface area contributed by atoms with Gasteiger partial charge in [0.05, 0.1) is 11.0 Å². The minimum atomic E-state index is -0.370. The van der Waals surface area contributed by atoms with Crippen LogP contribution >= 0.6 is 0 Å². The van der Waals surface area contributed by atoms with Gasteiger partial charge in [0, 0.05) is 38.0 Å². The van der Waals surface area contributed by atoms with E-state index in [9.17, 15) is 15.2 Å². The lowest BCUT2D eigenvalue weighted by Gasteiger charge is -2.19. The molecule has 2 rings (SSSR count). The van der Waals surface area contributed by atoms with Gasteiger partial charge in [-0.1, -0.05) is 0 Å². The van der Waals surface area contributed by atoms with Gasteiger partial charge in [0.25, 0.3) is 5.69 Å². The molecule has 110 valence electrons. The highest BCUT2D eigenvalue weighted by Crippen LogP contribution is 2.26. The molecule has 0 amide bonds. The van der Waals surface area contributed by atoms with Gasteiger partial charge in [-0.05, 0) is 37.4 Å². The lowest BCUT2D eigenvalue weighted by Crippen LogP contribution is -2.24. The Morgan fingerprint density at radius 1 is 1.60 bits per heavy atom. The molecule has 6 nitrogen and oxygen atoms in total. The van der Waals surface area contributed by atoms with Gasteiger partial charge in [-0.15, -0.1) is 0 Å². The van der Waals surface area contributed by atoms with Gasteiger partial charge < -0.3 is 10.4 Å².